The normalized spacial score (nSPS) is 24.7. The number of ether oxygens (including phenoxy) is 2. The first-order valence-corrected chi connectivity index (χ1v) is 10.3. The number of benzene rings is 1. The van der Waals surface area contributed by atoms with Crippen LogP contribution < -0.4 is 4.74 Å². The first-order valence-electron chi connectivity index (χ1n) is 10.3. The fraction of sp³-hybridized carbons (Fsp3) is 0.714. The molecule has 2 heterocycles. The Balaban J connectivity index is 1.39. The van der Waals surface area contributed by atoms with Gasteiger partial charge < -0.3 is 24.6 Å². The van der Waals surface area contributed by atoms with Gasteiger partial charge in [0.05, 0.1) is 25.4 Å². The minimum absolute atomic E-state index is 0.0374. The lowest BCUT2D eigenvalue weighted by atomic mass is 10.0. The summed E-state index contributed by atoms with van der Waals surface area (Å²) in [5.41, 5.74) is 0.640. The van der Waals surface area contributed by atoms with Crippen molar-refractivity contribution >= 4 is 0 Å². The molecule has 0 saturated carbocycles. The van der Waals surface area contributed by atoms with Crippen LogP contribution in [0, 0.1) is 0 Å². The highest BCUT2D eigenvalue weighted by Crippen LogP contribution is 2.25. The summed E-state index contributed by atoms with van der Waals surface area (Å²) in [6.45, 7) is 8.90. The van der Waals surface area contributed by atoms with E-state index in [1.165, 1.54) is 5.56 Å². The molecule has 2 saturated heterocycles. The molecule has 0 unspecified atom stereocenters. The van der Waals surface area contributed by atoms with Gasteiger partial charge in [0.15, 0.2) is 0 Å². The van der Waals surface area contributed by atoms with Crippen LogP contribution in [0.15, 0.2) is 24.3 Å². The molecular formula is C21H35N3O4. The molecule has 0 aliphatic carbocycles. The summed E-state index contributed by atoms with van der Waals surface area (Å²) in [5.74, 6) is 0.823. The van der Waals surface area contributed by atoms with Gasteiger partial charge in [0.2, 0.25) is 0 Å². The molecule has 0 bridgehead atoms. The molecule has 1 aromatic rings. The van der Waals surface area contributed by atoms with E-state index in [9.17, 15) is 5.11 Å². The highest BCUT2D eigenvalue weighted by Gasteiger charge is 2.37. The van der Waals surface area contributed by atoms with Gasteiger partial charge in [-0.3, -0.25) is 9.80 Å². The van der Waals surface area contributed by atoms with Crippen LogP contribution in [0.25, 0.3) is 0 Å². The number of aliphatic hydroxyl groups excluding tert-OH is 1. The van der Waals surface area contributed by atoms with Crippen molar-refractivity contribution < 1.29 is 19.7 Å². The second kappa shape index (κ2) is 10.5. The minimum atomic E-state index is -0.590. The van der Waals surface area contributed by atoms with Crippen LogP contribution in [0.3, 0.4) is 0 Å². The molecule has 7 heteroatoms. The van der Waals surface area contributed by atoms with E-state index >= 15 is 0 Å². The van der Waals surface area contributed by atoms with Gasteiger partial charge >= 0.3 is 0 Å². The van der Waals surface area contributed by atoms with E-state index in [1.54, 1.807) is 0 Å². The lowest BCUT2D eigenvalue weighted by Crippen LogP contribution is -2.51. The van der Waals surface area contributed by atoms with E-state index in [0.717, 1.165) is 64.5 Å². The van der Waals surface area contributed by atoms with Crippen molar-refractivity contribution in [2.75, 3.05) is 79.3 Å². The van der Waals surface area contributed by atoms with Crippen molar-refractivity contribution in [2.45, 2.75) is 18.6 Å². The Labute approximate surface area is 168 Å². The maximum absolute atomic E-state index is 11.0. The summed E-state index contributed by atoms with van der Waals surface area (Å²) in [4.78, 5) is 7.09. The molecule has 2 aliphatic rings. The van der Waals surface area contributed by atoms with E-state index in [-0.39, 0.29) is 6.61 Å². The Bertz CT molecular complexity index is 578. The smallest absolute Gasteiger partial charge is 0.119 e. The Morgan fingerprint density at radius 3 is 2.43 bits per heavy atom. The van der Waals surface area contributed by atoms with Crippen LogP contribution in [0.1, 0.15) is 12.0 Å². The minimum Gasteiger partial charge on any atom is -0.491 e. The number of likely N-dealkylation sites (N-methyl/N-ethyl adjacent to an activating group) is 1. The van der Waals surface area contributed by atoms with Gasteiger partial charge in [0.25, 0.3) is 0 Å². The summed E-state index contributed by atoms with van der Waals surface area (Å²) in [6, 6.07) is 8.13. The summed E-state index contributed by atoms with van der Waals surface area (Å²) in [6.07, 6.45) is 0.842. The Kier molecular flexibility index (Phi) is 8.08. The van der Waals surface area contributed by atoms with Crippen LogP contribution in [0.2, 0.25) is 0 Å². The van der Waals surface area contributed by atoms with Crippen molar-refractivity contribution in [3.63, 3.8) is 0 Å². The Morgan fingerprint density at radius 2 is 1.71 bits per heavy atom. The summed E-state index contributed by atoms with van der Waals surface area (Å²) in [7, 11) is 2.16. The molecule has 28 heavy (non-hydrogen) atoms. The Hall–Kier alpha value is -1.22. The first-order chi connectivity index (χ1) is 13.6. The lowest BCUT2D eigenvalue weighted by molar-refractivity contribution is -0.000370. The van der Waals surface area contributed by atoms with Crippen LogP contribution in [-0.2, 0) is 11.3 Å². The highest BCUT2D eigenvalue weighted by molar-refractivity contribution is 5.27. The number of likely N-dealkylation sites (tertiary alicyclic amines) is 1. The van der Waals surface area contributed by atoms with Gasteiger partial charge in [-0.2, -0.15) is 0 Å². The third kappa shape index (κ3) is 6.69. The standard InChI is InChI=1S/C21H35N3O4/c1-22-8-10-23(11-9-22)17-21(26)6-7-24(18-21)16-19-2-4-20(5-3-19)28-15-14-27-13-12-25/h2-5,25-26H,6-18H2,1H3/t21-/m1/s1. The van der Waals surface area contributed by atoms with Gasteiger partial charge in [-0.05, 0) is 31.2 Å². The maximum atomic E-state index is 11.0. The summed E-state index contributed by atoms with van der Waals surface area (Å²) in [5, 5.41) is 19.7. The van der Waals surface area contributed by atoms with E-state index in [1.807, 2.05) is 12.1 Å². The zero-order chi connectivity index (χ0) is 19.8. The zero-order valence-corrected chi connectivity index (χ0v) is 17.1. The molecule has 0 aromatic heterocycles. The fourth-order valence-electron chi connectivity index (χ4n) is 3.96. The molecule has 1 aromatic carbocycles. The number of β-amino-alcohol motifs (C(OH)–C–C–N with tert-alkyl or cyclic N) is 1. The average Bonchev–Trinajstić information content (AvgIpc) is 3.05. The topological polar surface area (TPSA) is 68.6 Å². The largest absolute Gasteiger partial charge is 0.491 e. The molecule has 0 spiro atoms. The van der Waals surface area contributed by atoms with Crippen molar-refractivity contribution in [3.8, 4) is 5.75 Å². The number of piperazine rings is 1. The second-order valence-corrected chi connectivity index (χ2v) is 8.09. The molecule has 158 valence electrons. The van der Waals surface area contributed by atoms with Crippen molar-refractivity contribution in [3.05, 3.63) is 29.8 Å². The number of rotatable bonds is 10. The van der Waals surface area contributed by atoms with Gasteiger partial charge in [0, 0.05) is 52.4 Å². The number of aliphatic hydroxyl groups is 2. The third-order valence-corrected chi connectivity index (χ3v) is 5.59. The van der Waals surface area contributed by atoms with Gasteiger partial charge in [-0.25, -0.2) is 0 Å². The number of hydrogen-bond acceptors (Lipinski definition) is 7. The predicted octanol–water partition coefficient (Wildman–Crippen LogP) is 0.259. The lowest BCUT2D eigenvalue weighted by Gasteiger charge is -2.36. The number of hydrogen-bond donors (Lipinski definition) is 2. The van der Waals surface area contributed by atoms with Gasteiger partial charge in [0.1, 0.15) is 12.4 Å². The van der Waals surface area contributed by atoms with Crippen molar-refractivity contribution in [1.29, 1.82) is 0 Å². The Morgan fingerprint density at radius 1 is 0.964 bits per heavy atom. The van der Waals surface area contributed by atoms with E-state index < -0.39 is 5.60 Å². The van der Waals surface area contributed by atoms with Gasteiger partial charge in [-0.1, -0.05) is 12.1 Å². The van der Waals surface area contributed by atoms with Crippen molar-refractivity contribution in [2.24, 2.45) is 0 Å². The average molecular weight is 394 g/mol. The predicted molar refractivity (Wildman–Crippen MR) is 109 cm³/mol. The summed E-state index contributed by atoms with van der Waals surface area (Å²) < 4.78 is 10.8. The molecule has 2 aliphatic heterocycles. The van der Waals surface area contributed by atoms with Crippen LogP contribution in [-0.4, -0.2) is 110 Å². The number of nitrogens with zero attached hydrogens (tertiary/aromatic N) is 3. The molecule has 1 atom stereocenters. The molecule has 7 nitrogen and oxygen atoms in total. The zero-order valence-electron chi connectivity index (χ0n) is 17.1. The van der Waals surface area contributed by atoms with E-state index in [2.05, 4.69) is 33.9 Å². The van der Waals surface area contributed by atoms with Gasteiger partial charge in [-0.15, -0.1) is 0 Å². The van der Waals surface area contributed by atoms with Crippen LogP contribution >= 0.6 is 0 Å². The second-order valence-electron chi connectivity index (χ2n) is 8.09. The highest BCUT2D eigenvalue weighted by atomic mass is 16.5. The van der Waals surface area contributed by atoms with E-state index in [4.69, 9.17) is 14.6 Å². The van der Waals surface area contributed by atoms with Crippen LogP contribution in [0.4, 0.5) is 0 Å². The molecular weight excluding hydrogens is 358 g/mol. The third-order valence-electron chi connectivity index (χ3n) is 5.59. The fourth-order valence-corrected chi connectivity index (χ4v) is 3.96. The first kappa shape index (κ1) is 21.5. The van der Waals surface area contributed by atoms with Crippen molar-refractivity contribution in [1.82, 2.24) is 14.7 Å². The molecule has 3 rings (SSSR count). The molecule has 0 amide bonds. The van der Waals surface area contributed by atoms with Crippen LogP contribution in [0.5, 0.6) is 5.75 Å². The quantitative estimate of drug-likeness (QED) is 0.553. The monoisotopic (exact) mass is 393 g/mol. The molecule has 2 fully saturated rings. The molecule has 2 N–H and O–H groups in total. The van der Waals surface area contributed by atoms with E-state index in [0.29, 0.717) is 19.8 Å². The SMILES string of the molecule is CN1CCN(C[C@]2(O)CCN(Cc3ccc(OCCOCCO)cc3)C2)CC1. The summed E-state index contributed by atoms with van der Waals surface area (Å²) >= 11 is 0. The molecule has 0 radical (unpaired) electrons. The maximum Gasteiger partial charge on any atom is 0.119 e.